The zero-order valence-corrected chi connectivity index (χ0v) is 18.8. The molecule has 13 nitrogen and oxygen atoms in total. The number of hydrogen-bond donors (Lipinski definition) is 9. The van der Waals surface area contributed by atoms with Crippen molar-refractivity contribution in [3.63, 3.8) is 0 Å². The van der Waals surface area contributed by atoms with E-state index in [1.54, 1.807) is 0 Å². The molecule has 16 heteroatoms. The molecular weight excluding hydrogens is 447 g/mol. The maximum atomic E-state index is 11.7. The van der Waals surface area contributed by atoms with E-state index in [9.17, 15) is 41.8 Å². The van der Waals surface area contributed by atoms with Gasteiger partial charge in [-0.1, -0.05) is 0 Å². The van der Waals surface area contributed by atoms with Crippen LogP contribution in [0.4, 0.5) is 5.69 Å². The van der Waals surface area contributed by atoms with Gasteiger partial charge in [-0.25, -0.2) is 8.42 Å². The smallest absolute Gasteiger partial charge is 0.288 e. The predicted molar refractivity (Wildman–Crippen MR) is 99.7 cm³/mol. The van der Waals surface area contributed by atoms with E-state index in [0.29, 0.717) is 0 Å². The normalized spacial score (nSPS) is 17.5. The van der Waals surface area contributed by atoms with Gasteiger partial charge in [0.25, 0.3) is 10.1 Å². The number of nitrogens with one attached hydrogen (secondary N) is 2. The van der Waals surface area contributed by atoms with Crippen molar-refractivity contribution in [2.24, 2.45) is 0 Å². The molecule has 0 saturated carbocycles. The first kappa shape index (κ1) is 28.6. The molecule has 0 aliphatic rings. The Hall–Kier alpha value is -0.400. The molecule has 0 spiro atoms. The van der Waals surface area contributed by atoms with Crippen molar-refractivity contribution in [2.45, 2.75) is 34.7 Å². The summed E-state index contributed by atoms with van der Waals surface area (Å²) in [5, 5.41) is 56.0. The third-order valence-corrected chi connectivity index (χ3v) is 6.08. The molecule has 1 radical (unpaired) electrons. The zero-order valence-electron chi connectivity index (χ0n) is 15.2. The summed E-state index contributed by atoms with van der Waals surface area (Å²) in [5.74, 6) is 0. The summed E-state index contributed by atoms with van der Waals surface area (Å²) in [6.07, 6.45) is -8.67. The largest absolute Gasteiger partial charge is 0.394 e. The van der Waals surface area contributed by atoms with Gasteiger partial charge in [0.05, 0.1) is 11.5 Å². The molecule has 1 rings (SSSR count). The summed E-state index contributed by atoms with van der Waals surface area (Å²) in [6, 6.07) is 4.19. The van der Waals surface area contributed by atoms with Crippen LogP contribution in [-0.2, 0) is 20.1 Å². The van der Waals surface area contributed by atoms with Gasteiger partial charge in [0.1, 0.15) is 31.1 Å². The van der Waals surface area contributed by atoms with Crippen molar-refractivity contribution in [2.75, 3.05) is 18.7 Å². The molecule has 1 aromatic carbocycles. The first-order valence-corrected chi connectivity index (χ1v) is 10.6. The van der Waals surface area contributed by atoms with Crippen molar-refractivity contribution < 1.29 is 52.0 Å². The van der Waals surface area contributed by atoms with Crippen LogP contribution in [0.5, 0.6) is 0 Å². The Labute approximate surface area is 189 Å². The van der Waals surface area contributed by atoms with E-state index >= 15 is 0 Å². The molecule has 0 aliphatic carbocycles. The Morgan fingerprint density at radius 2 is 1.38 bits per heavy atom. The van der Waals surface area contributed by atoms with Crippen molar-refractivity contribution in [1.29, 1.82) is 0 Å². The molecule has 0 aromatic heterocycles. The van der Waals surface area contributed by atoms with Crippen molar-refractivity contribution in [3.05, 3.63) is 24.3 Å². The van der Waals surface area contributed by atoms with Gasteiger partial charge in [-0.2, -0.15) is 13.1 Å². The summed E-state index contributed by atoms with van der Waals surface area (Å²) < 4.78 is 57.6. The predicted octanol–water partition coefficient (Wildman–Crippen LogP) is -4.40. The first-order chi connectivity index (χ1) is 12.8. The van der Waals surface area contributed by atoms with Crippen LogP contribution < -0.4 is 10.0 Å². The van der Waals surface area contributed by atoms with Crippen LogP contribution in [0.25, 0.3) is 0 Å². The first-order valence-electron chi connectivity index (χ1n) is 7.61. The fourth-order valence-electron chi connectivity index (χ4n) is 2.12. The number of benzene rings is 1. The van der Waals surface area contributed by atoms with E-state index in [1.165, 1.54) is 0 Å². The number of anilines is 1. The fourth-order valence-corrected chi connectivity index (χ4v) is 3.75. The van der Waals surface area contributed by atoms with Crippen molar-refractivity contribution >= 4 is 55.4 Å². The zero-order chi connectivity index (χ0) is 21.7. The van der Waals surface area contributed by atoms with Crippen molar-refractivity contribution in [1.82, 2.24) is 4.72 Å². The second-order valence-corrected chi connectivity index (χ2v) is 8.94. The summed E-state index contributed by atoms with van der Waals surface area (Å²) >= 11 is 0. The molecule has 0 aliphatic heterocycles. The van der Waals surface area contributed by atoms with E-state index in [-0.39, 0.29) is 40.1 Å². The number of rotatable bonds is 11. The van der Waals surface area contributed by atoms with Gasteiger partial charge < -0.3 is 36.0 Å². The van der Waals surface area contributed by atoms with E-state index in [4.69, 9.17) is 10.2 Å². The molecule has 1 aromatic rings. The van der Waals surface area contributed by atoms with Gasteiger partial charge in [-0.3, -0.25) is 4.55 Å². The van der Waals surface area contributed by atoms with Gasteiger partial charge in [0.15, 0.2) is 5.37 Å². The average Bonchev–Trinajstić information content (AvgIpc) is 2.63. The third-order valence-electron chi connectivity index (χ3n) is 3.64. The molecule has 9 N–H and O–H groups in total. The average molecular weight is 469 g/mol. The number of sulfonamides is 1. The molecule has 29 heavy (non-hydrogen) atoms. The minimum Gasteiger partial charge on any atom is -0.394 e. The topological polar surface area (TPSA) is 234 Å². The molecule has 5 unspecified atom stereocenters. The standard InChI is InChI=1S/C13H22N2O11S2.Na/c16-5-9(18)10(19)11(20)12(21)13(28(24,25)26)15-7-1-3-8(4-2-7)27(22,23)14-6-17;/h1-4,9-21H,5-6H2,(H,24,25,26);. The number of aliphatic hydroxyl groups is 6. The van der Waals surface area contributed by atoms with Gasteiger partial charge in [-0.15, -0.1) is 0 Å². The van der Waals surface area contributed by atoms with Crippen molar-refractivity contribution in [3.8, 4) is 0 Å². The summed E-state index contributed by atoms with van der Waals surface area (Å²) in [4.78, 5) is -0.280. The maximum absolute atomic E-state index is 11.7. The number of aliphatic hydroxyl groups excluding tert-OH is 6. The Morgan fingerprint density at radius 1 is 0.862 bits per heavy atom. The van der Waals surface area contributed by atoms with Gasteiger partial charge in [-0.05, 0) is 24.3 Å². The summed E-state index contributed by atoms with van der Waals surface area (Å²) in [5.41, 5.74) is -0.103. The Kier molecular flexibility index (Phi) is 11.7. The molecule has 163 valence electrons. The Balaban J connectivity index is 0.00000784. The van der Waals surface area contributed by atoms with Crippen LogP contribution in [0.2, 0.25) is 0 Å². The minimum absolute atomic E-state index is 0. The van der Waals surface area contributed by atoms with E-state index < -0.39 is 63.3 Å². The Bertz CT molecular complexity index is 835. The molecule has 0 saturated heterocycles. The second kappa shape index (κ2) is 11.8. The van der Waals surface area contributed by atoms with Crippen LogP contribution in [-0.4, -0.2) is 125 Å². The number of hydrogen-bond acceptors (Lipinski definition) is 11. The molecule has 0 heterocycles. The van der Waals surface area contributed by atoms with Crippen LogP contribution in [0.3, 0.4) is 0 Å². The molecule has 5 atom stereocenters. The monoisotopic (exact) mass is 469 g/mol. The van der Waals surface area contributed by atoms with Gasteiger partial charge in [0.2, 0.25) is 10.0 Å². The van der Waals surface area contributed by atoms with E-state index in [2.05, 4.69) is 5.32 Å². The third kappa shape index (κ3) is 7.98. The second-order valence-electron chi connectivity index (χ2n) is 5.63. The van der Waals surface area contributed by atoms with Gasteiger partial charge >= 0.3 is 0 Å². The quantitative estimate of drug-likeness (QED) is 0.0849. The van der Waals surface area contributed by atoms with Gasteiger partial charge in [0, 0.05) is 35.2 Å². The van der Waals surface area contributed by atoms with Crippen LogP contribution >= 0.6 is 0 Å². The summed E-state index contributed by atoms with van der Waals surface area (Å²) in [6.45, 7) is -1.84. The molecule has 0 fully saturated rings. The molecule has 0 amide bonds. The van der Waals surface area contributed by atoms with Crippen LogP contribution in [0.1, 0.15) is 0 Å². The van der Waals surface area contributed by atoms with E-state index in [1.807, 2.05) is 4.72 Å². The SMILES string of the molecule is O=S(=O)(NCO)c1ccc(NC(C(O)C(O)C(O)C(O)CO)S(=O)(=O)O)cc1.[Na]. The molecular formula is C13H22N2NaO11S2. The van der Waals surface area contributed by atoms with Crippen LogP contribution in [0, 0.1) is 0 Å². The Morgan fingerprint density at radius 3 is 1.79 bits per heavy atom. The summed E-state index contributed by atoms with van der Waals surface area (Å²) in [7, 11) is -9.07. The van der Waals surface area contributed by atoms with Crippen LogP contribution in [0.15, 0.2) is 29.2 Å². The minimum atomic E-state index is -5.06. The maximum Gasteiger partial charge on any atom is 0.288 e. The molecule has 0 bridgehead atoms. The van der Waals surface area contributed by atoms with E-state index in [0.717, 1.165) is 24.3 Å². The fraction of sp³-hybridized carbons (Fsp3) is 0.538.